The second-order valence-electron chi connectivity index (χ2n) is 6.03. The maximum Gasteiger partial charge on any atom is 0.129 e. The highest BCUT2D eigenvalue weighted by Crippen LogP contribution is 2.35. The normalized spacial score (nSPS) is 17.9. The van der Waals surface area contributed by atoms with Gasteiger partial charge in [-0.15, -0.1) is 0 Å². The van der Waals surface area contributed by atoms with E-state index in [4.69, 9.17) is 11.6 Å². The molecule has 21 heavy (non-hydrogen) atoms. The first kappa shape index (κ1) is 17.2. The third-order valence-electron chi connectivity index (χ3n) is 4.35. The molecule has 0 saturated heterocycles. The minimum Gasteiger partial charge on any atom is -0.310 e. The van der Waals surface area contributed by atoms with Gasteiger partial charge in [-0.05, 0) is 53.4 Å². The number of hydrogen-bond donors (Lipinski definition) is 1. The van der Waals surface area contributed by atoms with Gasteiger partial charge < -0.3 is 5.32 Å². The van der Waals surface area contributed by atoms with Crippen molar-refractivity contribution in [2.75, 3.05) is 6.54 Å². The van der Waals surface area contributed by atoms with Crippen molar-refractivity contribution in [3.05, 3.63) is 33.0 Å². The van der Waals surface area contributed by atoms with Crippen LogP contribution in [0.3, 0.4) is 0 Å². The first-order valence-corrected chi connectivity index (χ1v) is 9.16. The molecule has 2 rings (SSSR count). The molecule has 0 radical (unpaired) electrons. The van der Waals surface area contributed by atoms with Crippen molar-refractivity contribution in [2.24, 2.45) is 5.92 Å². The van der Waals surface area contributed by atoms with Crippen molar-refractivity contribution in [1.82, 2.24) is 5.32 Å². The summed E-state index contributed by atoms with van der Waals surface area (Å²) in [5, 5.41) is 4.09. The predicted molar refractivity (Wildman–Crippen MR) is 91.3 cm³/mol. The molecule has 0 heterocycles. The fourth-order valence-electron chi connectivity index (χ4n) is 3.20. The lowest BCUT2D eigenvalue weighted by atomic mass is 9.83. The second-order valence-corrected chi connectivity index (χ2v) is 7.30. The third kappa shape index (κ3) is 4.94. The third-order valence-corrected chi connectivity index (χ3v) is 5.55. The largest absolute Gasteiger partial charge is 0.310 e. The van der Waals surface area contributed by atoms with Gasteiger partial charge in [0.05, 0.1) is 5.02 Å². The van der Waals surface area contributed by atoms with Gasteiger partial charge in [0.2, 0.25) is 0 Å². The average Bonchev–Trinajstić information content (AvgIpc) is 2.48. The van der Waals surface area contributed by atoms with Crippen LogP contribution in [0.1, 0.15) is 63.5 Å². The summed E-state index contributed by atoms with van der Waals surface area (Å²) in [6, 6.07) is 3.33. The lowest BCUT2D eigenvalue weighted by Gasteiger charge is -2.28. The van der Waals surface area contributed by atoms with Crippen LogP contribution in [-0.2, 0) is 0 Å². The molecule has 1 fully saturated rings. The highest BCUT2D eigenvalue weighted by atomic mass is 79.9. The molecule has 1 aromatic carbocycles. The molecule has 1 aromatic rings. The summed E-state index contributed by atoms with van der Waals surface area (Å²) >= 11 is 9.45. The molecule has 1 nitrogen and oxygen atoms in total. The molecule has 1 N–H and O–H groups in total. The molecule has 0 spiro atoms. The Kier molecular flexibility index (Phi) is 6.97. The molecule has 0 aliphatic heterocycles. The number of rotatable bonds is 6. The molecular weight excluding hydrogens is 353 g/mol. The first-order chi connectivity index (χ1) is 10.1. The summed E-state index contributed by atoms with van der Waals surface area (Å²) in [5.41, 5.74) is 0.710. The van der Waals surface area contributed by atoms with Crippen LogP contribution in [0, 0.1) is 11.7 Å². The Morgan fingerprint density at radius 2 is 2.05 bits per heavy atom. The molecule has 4 heteroatoms. The van der Waals surface area contributed by atoms with E-state index in [-0.39, 0.29) is 11.9 Å². The van der Waals surface area contributed by atoms with Gasteiger partial charge in [-0.25, -0.2) is 4.39 Å². The van der Waals surface area contributed by atoms with Crippen molar-refractivity contribution in [3.63, 3.8) is 0 Å². The standard InChI is InChI=1S/C17H24BrClFN/c1-2-8-21-17(9-12-6-4-3-5-7-12)13-10-15(19)14(18)11-16(13)20/h10-12,17,21H,2-9H2,1H3. The van der Waals surface area contributed by atoms with Crippen molar-refractivity contribution >= 4 is 27.5 Å². The summed E-state index contributed by atoms with van der Waals surface area (Å²) < 4.78 is 15.0. The Morgan fingerprint density at radius 3 is 2.71 bits per heavy atom. The van der Waals surface area contributed by atoms with Gasteiger partial charge in [0.15, 0.2) is 0 Å². The van der Waals surface area contributed by atoms with Gasteiger partial charge in [-0.3, -0.25) is 0 Å². The Labute approximate surface area is 140 Å². The van der Waals surface area contributed by atoms with E-state index in [0.717, 1.165) is 19.4 Å². The van der Waals surface area contributed by atoms with Crippen LogP contribution < -0.4 is 5.32 Å². The SMILES string of the molecule is CCCNC(CC1CCCCC1)c1cc(Cl)c(Br)cc1F. The Hall–Kier alpha value is -0.120. The van der Waals surface area contributed by atoms with Gasteiger partial charge in [0, 0.05) is 16.1 Å². The highest BCUT2D eigenvalue weighted by Gasteiger charge is 2.22. The van der Waals surface area contributed by atoms with Crippen molar-refractivity contribution < 1.29 is 4.39 Å². The monoisotopic (exact) mass is 375 g/mol. The fourth-order valence-corrected chi connectivity index (χ4v) is 3.69. The minimum absolute atomic E-state index is 0.0682. The second kappa shape index (κ2) is 8.50. The van der Waals surface area contributed by atoms with E-state index in [1.165, 1.54) is 38.2 Å². The smallest absolute Gasteiger partial charge is 0.129 e. The van der Waals surface area contributed by atoms with E-state index in [1.807, 2.05) is 0 Å². The van der Waals surface area contributed by atoms with Gasteiger partial charge in [-0.1, -0.05) is 50.6 Å². The van der Waals surface area contributed by atoms with E-state index in [9.17, 15) is 4.39 Å². The van der Waals surface area contributed by atoms with Gasteiger partial charge >= 0.3 is 0 Å². The van der Waals surface area contributed by atoms with Crippen molar-refractivity contribution in [1.29, 1.82) is 0 Å². The number of nitrogens with one attached hydrogen (secondary N) is 1. The maximum atomic E-state index is 14.3. The molecule has 1 saturated carbocycles. The molecule has 0 amide bonds. The summed E-state index contributed by atoms with van der Waals surface area (Å²) in [4.78, 5) is 0. The quantitative estimate of drug-likeness (QED) is 0.578. The fraction of sp³-hybridized carbons (Fsp3) is 0.647. The molecule has 1 atom stereocenters. The first-order valence-electron chi connectivity index (χ1n) is 7.99. The van der Waals surface area contributed by atoms with Crippen LogP contribution in [0.15, 0.2) is 16.6 Å². The maximum absolute atomic E-state index is 14.3. The van der Waals surface area contributed by atoms with E-state index in [0.29, 0.717) is 21.0 Å². The van der Waals surface area contributed by atoms with E-state index in [2.05, 4.69) is 28.2 Å². The van der Waals surface area contributed by atoms with Crippen LogP contribution in [0.25, 0.3) is 0 Å². The van der Waals surface area contributed by atoms with Crippen LogP contribution in [0.5, 0.6) is 0 Å². The summed E-state index contributed by atoms with van der Waals surface area (Å²) in [7, 11) is 0. The zero-order valence-corrected chi connectivity index (χ0v) is 14.9. The van der Waals surface area contributed by atoms with Crippen LogP contribution in [0.4, 0.5) is 4.39 Å². The number of hydrogen-bond acceptors (Lipinski definition) is 1. The van der Waals surface area contributed by atoms with Crippen LogP contribution in [-0.4, -0.2) is 6.54 Å². The van der Waals surface area contributed by atoms with Gasteiger partial charge in [0.1, 0.15) is 5.82 Å². The Bertz CT molecular complexity index is 460. The zero-order valence-electron chi connectivity index (χ0n) is 12.6. The number of benzene rings is 1. The summed E-state index contributed by atoms with van der Waals surface area (Å²) in [6.45, 7) is 3.04. The molecule has 1 unspecified atom stereocenters. The Balaban J connectivity index is 2.16. The zero-order chi connectivity index (χ0) is 15.2. The van der Waals surface area contributed by atoms with E-state index < -0.39 is 0 Å². The van der Waals surface area contributed by atoms with E-state index in [1.54, 1.807) is 6.07 Å². The molecular formula is C17H24BrClFN. The molecule has 0 aromatic heterocycles. The average molecular weight is 377 g/mol. The summed E-state index contributed by atoms with van der Waals surface area (Å²) in [6.07, 6.45) is 8.58. The Morgan fingerprint density at radius 1 is 1.33 bits per heavy atom. The summed E-state index contributed by atoms with van der Waals surface area (Å²) in [5.74, 6) is 0.533. The molecule has 0 bridgehead atoms. The lowest BCUT2D eigenvalue weighted by molar-refractivity contribution is 0.297. The number of halogens is 3. The van der Waals surface area contributed by atoms with Gasteiger partial charge in [0.25, 0.3) is 0 Å². The predicted octanol–water partition coefficient (Wildman–Crippen LogP) is 6.25. The highest BCUT2D eigenvalue weighted by molar-refractivity contribution is 9.10. The van der Waals surface area contributed by atoms with Crippen molar-refractivity contribution in [3.8, 4) is 0 Å². The minimum atomic E-state index is -0.171. The lowest BCUT2D eigenvalue weighted by Crippen LogP contribution is -2.26. The molecule has 118 valence electrons. The van der Waals surface area contributed by atoms with Crippen molar-refractivity contribution in [2.45, 2.75) is 57.9 Å². The molecule has 1 aliphatic rings. The topological polar surface area (TPSA) is 12.0 Å². The van der Waals surface area contributed by atoms with E-state index >= 15 is 0 Å². The van der Waals surface area contributed by atoms with Gasteiger partial charge in [-0.2, -0.15) is 0 Å². The molecule has 1 aliphatic carbocycles. The van der Waals surface area contributed by atoms with Crippen LogP contribution in [0.2, 0.25) is 5.02 Å². The van der Waals surface area contributed by atoms with Crippen LogP contribution >= 0.6 is 27.5 Å².